The molecule has 1 atom stereocenters. The van der Waals surface area contributed by atoms with E-state index in [1.807, 2.05) is 55.5 Å². The summed E-state index contributed by atoms with van der Waals surface area (Å²) in [4.78, 5) is 0. The van der Waals surface area contributed by atoms with E-state index in [-0.39, 0.29) is 6.61 Å². The number of nitrogens with one attached hydrogen (secondary N) is 1. The van der Waals surface area contributed by atoms with Crippen molar-refractivity contribution in [3.63, 3.8) is 0 Å². The summed E-state index contributed by atoms with van der Waals surface area (Å²) < 4.78 is 1.02. The molecule has 0 aromatic heterocycles. The molecule has 2 nitrogen and oxygen atoms in total. The van der Waals surface area contributed by atoms with E-state index in [0.717, 1.165) is 15.7 Å². The molecule has 4 heteroatoms. The van der Waals surface area contributed by atoms with Gasteiger partial charge < -0.3 is 10.4 Å². The second kappa shape index (κ2) is 5.95. The van der Waals surface area contributed by atoms with E-state index in [1.165, 1.54) is 0 Å². The minimum Gasteiger partial charge on any atom is -0.394 e. The van der Waals surface area contributed by atoms with E-state index in [1.54, 1.807) is 0 Å². The first kappa shape index (κ1) is 14.4. The minimum absolute atomic E-state index is 0.00272. The molecule has 0 aliphatic heterocycles. The van der Waals surface area contributed by atoms with E-state index < -0.39 is 5.54 Å². The zero-order chi connectivity index (χ0) is 13.9. The number of rotatable bonds is 4. The Labute approximate surface area is 126 Å². The van der Waals surface area contributed by atoms with Crippen LogP contribution in [0.1, 0.15) is 12.5 Å². The van der Waals surface area contributed by atoms with Crippen LogP contribution in [0.2, 0.25) is 5.02 Å². The SMILES string of the molecule is CC(CO)(Nc1ccc(Cl)cc1)c1ccc(Br)cc1. The maximum Gasteiger partial charge on any atom is 0.0828 e. The molecular weight excluding hydrogens is 326 g/mol. The number of hydrogen-bond acceptors (Lipinski definition) is 2. The zero-order valence-corrected chi connectivity index (χ0v) is 12.9. The molecule has 2 N–H and O–H groups in total. The molecule has 100 valence electrons. The summed E-state index contributed by atoms with van der Waals surface area (Å²) >= 11 is 9.28. The molecule has 0 spiro atoms. The van der Waals surface area contributed by atoms with Crippen LogP contribution in [0.5, 0.6) is 0 Å². The first-order chi connectivity index (χ1) is 9.03. The lowest BCUT2D eigenvalue weighted by Gasteiger charge is -2.30. The topological polar surface area (TPSA) is 32.3 Å². The van der Waals surface area contributed by atoms with Crippen molar-refractivity contribution in [3.05, 3.63) is 63.6 Å². The molecule has 0 aliphatic carbocycles. The van der Waals surface area contributed by atoms with E-state index in [4.69, 9.17) is 11.6 Å². The molecule has 2 aromatic carbocycles. The second-order valence-electron chi connectivity index (χ2n) is 4.63. The highest BCUT2D eigenvalue weighted by molar-refractivity contribution is 9.10. The summed E-state index contributed by atoms with van der Waals surface area (Å²) in [6.07, 6.45) is 0. The lowest BCUT2D eigenvalue weighted by atomic mass is 9.92. The van der Waals surface area contributed by atoms with Crippen LogP contribution < -0.4 is 5.32 Å². The van der Waals surface area contributed by atoms with Gasteiger partial charge in [0.05, 0.1) is 12.1 Å². The van der Waals surface area contributed by atoms with Gasteiger partial charge in [-0.25, -0.2) is 0 Å². The largest absolute Gasteiger partial charge is 0.394 e. The molecule has 1 unspecified atom stereocenters. The van der Waals surface area contributed by atoms with Crippen LogP contribution in [0.3, 0.4) is 0 Å². The zero-order valence-electron chi connectivity index (χ0n) is 10.5. The molecule has 2 aromatic rings. The predicted molar refractivity (Wildman–Crippen MR) is 83.7 cm³/mol. The number of aliphatic hydroxyl groups is 1. The van der Waals surface area contributed by atoms with Gasteiger partial charge in [-0.05, 0) is 48.9 Å². The van der Waals surface area contributed by atoms with Gasteiger partial charge in [-0.3, -0.25) is 0 Å². The highest BCUT2D eigenvalue weighted by atomic mass is 79.9. The van der Waals surface area contributed by atoms with E-state index in [2.05, 4.69) is 21.2 Å². The predicted octanol–water partition coefficient (Wildman–Crippen LogP) is 4.42. The summed E-state index contributed by atoms with van der Waals surface area (Å²) in [5.74, 6) is 0. The molecule has 0 saturated heterocycles. The van der Waals surface area contributed by atoms with Crippen molar-refractivity contribution in [2.24, 2.45) is 0 Å². The van der Waals surface area contributed by atoms with Gasteiger partial charge in [0.25, 0.3) is 0 Å². The van der Waals surface area contributed by atoms with E-state index >= 15 is 0 Å². The fourth-order valence-electron chi connectivity index (χ4n) is 1.87. The third kappa shape index (κ3) is 3.50. The standard InChI is InChI=1S/C15H15BrClNO/c1-15(10-19,11-2-4-12(16)5-3-11)18-14-8-6-13(17)7-9-14/h2-9,18-19H,10H2,1H3. The summed E-state index contributed by atoms with van der Waals surface area (Å²) in [6, 6.07) is 15.3. The minimum atomic E-state index is -0.533. The average Bonchev–Trinajstić information content (AvgIpc) is 2.42. The molecule has 19 heavy (non-hydrogen) atoms. The number of aliphatic hydroxyl groups excluding tert-OH is 1. The van der Waals surface area contributed by atoms with E-state index in [9.17, 15) is 5.11 Å². The van der Waals surface area contributed by atoms with Gasteiger partial charge in [0.1, 0.15) is 0 Å². The molecule has 0 saturated carbocycles. The highest BCUT2D eigenvalue weighted by Gasteiger charge is 2.25. The summed E-state index contributed by atoms with van der Waals surface area (Å²) in [7, 11) is 0. The maximum absolute atomic E-state index is 9.72. The van der Waals surface area contributed by atoms with Gasteiger partial charge in [-0.2, -0.15) is 0 Å². The first-order valence-electron chi connectivity index (χ1n) is 5.94. The van der Waals surface area contributed by atoms with Crippen molar-refractivity contribution in [2.45, 2.75) is 12.5 Å². The fraction of sp³-hybridized carbons (Fsp3) is 0.200. The van der Waals surface area contributed by atoms with Crippen LogP contribution in [-0.4, -0.2) is 11.7 Å². The molecular formula is C15H15BrClNO. The molecule has 0 bridgehead atoms. The summed E-state index contributed by atoms with van der Waals surface area (Å²) in [5, 5.41) is 13.8. The normalized spacial score (nSPS) is 13.9. The molecule has 2 rings (SSSR count). The Balaban J connectivity index is 2.27. The van der Waals surface area contributed by atoms with Gasteiger partial charge >= 0.3 is 0 Å². The molecule has 0 fully saturated rings. The van der Waals surface area contributed by atoms with Gasteiger partial charge in [0.15, 0.2) is 0 Å². The average molecular weight is 341 g/mol. The van der Waals surface area contributed by atoms with Crippen molar-refractivity contribution >= 4 is 33.2 Å². The van der Waals surface area contributed by atoms with Crippen LogP contribution in [-0.2, 0) is 5.54 Å². The van der Waals surface area contributed by atoms with Crippen molar-refractivity contribution in [1.29, 1.82) is 0 Å². The fourth-order valence-corrected chi connectivity index (χ4v) is 2.26. The Hall–Kier alpha value is -1.03. The van der Waals surface area contributed by atoms with Crippen molar-refractivity contribution in [1.82, 2.24) is 0 Å². The van der Waals surface area contributed by atoms with Gasteiger partial charge in [-0.1, -0.05) is 39.7 Å². The van der Waals surface area contributed by atoms with Crippen molar-refractivity contribution in [2.75, 3.05) is 11.9 Å². The second-order valence-corrected chi connectivity index (χ2v) is 5.98. The monoisotopic (exact) mass is 339 g/mol. The van der Waals surface area contributed by atoms with Crippen LogP contribution >= 0.6 is 27.5 Å². The maximum atomic E-state index is 9.72. The van der Waals surface area contributed by atoms with Crippen LogP contribution in [0.15, 0.2) is 53.0 Å². The Morgan fingerprint density at radius 1 is 1.11 bits per heavy atom. The van der Waals surface area contributed by atoms with E-state index in [0.29, 0.717) is 5.02 Å². The molecule has 0 aliphatic rings. The Bertz CT molecular complexity index is 541. The third-order valence-electron chi connectivity index (χ3n) is 3.06. The lowest BCUT2D eigenvalue weighted by Crippen LogP contribution is -2.35. The van der Waals surface area contributed by atoms with Crippen LogP contribution in [0.4, 0.5) is 5.69 Å². The Morgan fingerprint density at radius 2 is 1.68 bits per heavy atom. The van der Waals surface area contributed by atoms with Gasteiger partial charge in [-0.15, -0.1) is 0 Å². The third-order valence-corrected chi connectivity index (χ3v) is 3.84. The summed E-state index contributed by atoms with van der Waals surface area (Å²) in [6.45, 7) is 1.96. The van der Waals surface area contributed by atoms with Crippen LogP contribution in [0, 0.1) is 0 Å². The van der Waals surface area contributed by atoms with Gasteiger partial charge in [0, 0.05) is 15.2 Å². The van der Waals surface area contributed by atoms with Gasteiger partial charge in [0.2, 0.25) is 0 Å². The number of benzene rings is 2. The number of hydrogen-bond donors (Lipinski definition) is 2. The molecule has 0 heterocycles. The lowest BCUT2D eigenvalue weighted by molar-refractivity contribution is 0.224. The smallest absolute Gasteiger partial charge is 0.0828 e. The van der Waals surface area contributed by atoms with Crippen LogP contribution in [0.25, 0.3) is 0 Å². The summed E-state index contributed by atoms with van der Waals surface area (Å²) in [5.41, 5.74) is 1.41. The number of anilines is 1. The quantitative estimate of drug-likeness (QED) is 0.863. The molecule has 0 amide bonds. The highest BCUT2D eigenvalue weighted by Crippen LogP contribution is 2.27. The Kier molecular flexibility index (Phi) is 4.50. The van der Waals surface area contributed by atoms with Crippen molar-refractivity contribution < 1.29 is 5.11 Å². The van der Waals surface area contributed by atoms with Crippen molar-refractivity contribution in [3.8, 4) is 0 Å². The first-order valence-corrected chi connectivity index (χ1v) is 7.11. The number of halogens is 2. The Morgan fingerprint density at radius 3 is 2.21 bits per heavy atom. The molecule has 0 radical (unpaired) electrons.